The predicted octanol–water partition coefficient (Wildman–Crippen LogP) is 2.67. The summed E-state index contributed by atoms with van der Waals surface area (Å²) in [5, 5.41) is 76.2. The number of carbonyl (C=O) groups is 2. The highest BCUT2D eigenvalue weighted by atomic mass is 16.8. The van der Waals surface area contributed by atoms with Gasteiger partial charge >= 0.3 is 11.9 Å². The lowest BCUT2D eigenvalue weighted by molar-refractivity contribution is -0.366. The van der Waals surface area contributed by atoms with Crippen molar-refractivity contribution in [3.05, 3.63) is 11.6 Å². The topological polar surface area (TPSA) is 222 Å². The van der Waals surface area contributed by atoms with Crippen molar-refractivity contribution >= 4 is 11.9 Å². The van der Waals surface area contributed by atoms with Crippen molar-refractivity contribution in [3.8, 4) is 0 Å². The molecule has 0 amide bonds. The molecule has 4 saturated carbocycles. The van der Waals surface area contributed by atoms with Gasteiger partial charge in [-0.3, -0.25) is 4.79 Å². The Morgan fingerprint density at radius 1 is 0.804 bits per heavy atom. The molecule has 14 heteroatoms. The van der Waals surface area contributed by atoms with E-state index in [1.54, 1.807) is 0 Å². The minimum Gasteiger partial charge on any atom is -0.481 e. The first kappa shape index (κ1) is 42.4. The molecule has 0 radical (unpaired) electrons. The van der Waals surface area contributed by atoms with Crippen molar-refractivity contribution in [1.82, 2.24) is 0 Å². The number of hydrogen-bond acceptors (Lipinski definition) is 13. The van der Waals surface area contributed by atoms with E-state index in [1.165, 1.54) is 0 Å². The molecule has 7 N–H and O–H groups in total. The first-order valence-corrected chi connectivity index (χ1v) is 20.8. The maximum absolute atomic E-state index is 13.1. The lowest BCUT2D eigenvalue weighted by atomic mass is 9.33. The Morgan fingerprint density at radius 2 is 1.50 bits per heavy atom. The number of fused-ring (bicyclic) bond motifs is 7. The van der Waals surface area contributed by atoms with Gasteiger partial charge in [-0.1, -0.05) is 53.2 Å². The number of carboxylic acid groups (broad SMARTS) is 1. The van der Waals surface area contributed by atoms with E-state index < -0.39 is 95.7 Å². The van der Waals surface area contributed by atoms with E-state index >= 15 is 0 Å². The van der Waals surface area contributed by atoms with Crippen LogP contribution in [0.25, 0.3) is 0 Å². The molecule has 56 heavy (non-hydrogen) atoms. The average molecular weight is 795 g/mol. The Kier molecular flexibility index (Phi) is 10.8. The molecule has 19 unspecified atom stereocenters. The van der Waals surface area contributed by atoms with Crippen LogP contribution in [0.3, 0.4) is 0 Å². The van der Waals surface area contributed by atoms with Gasteiger partial charge in [0.05, 0.1) is 30.8 Å². The van der Waals surface area contributed by atoms with E-state index in [0.29, 0.717) is 25.7 Å². The van der Waals surface area contributed by atoms with Gasteiger partial charge in [-0.2, -0.15) is 0 Å². The summed E-state index contributed by atoms with van der Waals surface area (Å²) in [7, 11) is 1.14. The van der Waals surface area contributed by atoms with E-state index in [2.05, 4.69) is 40.7 Å². The summed E-state index contributed by atoms with van der Waals surface area (Å²) in [6.07, 6.45) is -5.77. The smallest absolute Gasteiger partial charge is 0.337 e. The van der Waals surface area contributed by atoms with Crippen LogP contribution in [0.5, 0.6) is 0 Å². The molecular formula is C42H66O14. The van der Waals surface area contributed by atoms with E-state index in [-0.39, 0.29) is 40.6 Å². The highest BCUT2D eigenvalue weighted by Crippen LogP contribution is 2.76. The first-order chi connectivity index (χ1) is 26.0. The zero-order valence-corrected chi connectivity index (χ0v) is 34.2. The fourth-order valence-electron chi connectivity index (χ4n) is 13.7. The minimum atomic E-state index is -1.77. The van der Waals surface area contributed by atoms with Crippen molar-refractivity contribution in [2.45, 2.75) is 173 Å². The van der Waals surface area contributed by atoms with Crippen molar-refractivity contribution in [1.29, 1.82) is 0 Å². The molecule has 2 heterocycles. The van der Waals surface area contributed by atoms with Crippen molar-refractivity contribution in [2.24, 2.45) is 50.7 Å². The molecule has 14 nitrogen and oxygen atoms in total. The molecule has 6 fully saturated rings. The molecule has 7 aliphatic rings. The molecular weight excluding hydrogens is 728 g/mol. The van der Waals surface area contributed by atoms with E-state index in [9.17, 15) is 45.3 Å². The van der Waals surface area contributed by atoms with Gasteiger partial charge in [-0.15, -0.1) is 0 Å². The molecule has 2 saturated heterocycles. The van der Waals surface area contributed by atoms with E-state index in [0.717, 1.165) is 44.8 Å². The summed E-state index contributed by atoms with van der Waals surface area (Å²) in [6.45, 7) is 15.0. The van der Waals surface area contributed by atoms with Crippen LogP contribution in [0.4, 0.5) is 0 Å². The Hall–Kier alpha value is -1.72. The molecule has 318 valence electrons. The van der Waals surface area contributed by atoms with Crippen LogP contribution in [0.15, 0.2) is 11.6 Å². The Morgan fingerprint density at radius 3 is 2.16 bits per heavy atom. The Balaban J connectivity index is 1.17. The SMILES string of the molecule is COC(=O)C1OC(OC2CCC3(C)C(CCC4(C)C3CC=C3C5C(C(=O)O)(CCC(C)C5(C)O)CCC34C)C2(C)C)C(OC2OCC(O)C(O)C2O)C(O)C1O. The largest absolute Gasteiger partial charge is 0.481 e. The van der Waals surface area contributed by atoms with Gasteiger partial charge in [0.15, 0.2) is 18.7 Å². The number of aliphatic hydroxyl groups excluding tert-OH is 5. The number of hydrogen-bond donors (Lipinski definition) is 7. The second kappa shape index (κ2) is 14.2. The molecule has 7 rings (SSSR count). The maximum atomic E-state index is 13.1. The number of carbonyl (C=O) groups excluding carboxylic acids is 1. The highest BCUT2D eigenvalue weighted by molar-refractivity contribution is 5.77. The number of carboxylic acids is 1. The summed E-state index contributed by atoms with van der Waals surface area (Å²) in [5.74, 6) is -1.76. The molecule has 0 aromatic rings. The lowest BCUT2D eigenvalue weighted by Gasteiger charge is -2.72. The van der Waals surface area contributed by atoms with Gasteiger partial charge in [0.2, 0.25) is 0 Å². The fraction of sp³-hybridized carbons (Fsp3) is 0.905. The Bertz CT molecular complexity index is 1560. The number of esters is 1. The number of rotatable bonds is 6. The van der Waals surface area contributed by atoms with Crippen molar-refractivity contribution in [2.75, 3.05) is 13.7 Å². The van der Waals surface area contributed by atoms with Gasteiger partial charge in [0, 0.05) is 5.92 Å². The molecule has 0 aromatic heterocycles. The standard InChI is InChI=1S/C42H66O14/c1-20-11-16-42(36(49)50)18-17-39(5)21(32(42)41(20,7)51)9-10-24-38(4)14-13-25(37(2,3)23(38)12-15-40(24,39)6)54-35-31(28(46)27(45)30(55-35)33(48)52-8)56-34-29(47)26(44)22(43)19-53-34/h9,20,22-32,34-35,43-47,51H,10-19H2,1-8H3,(H,49,50). The van der Waals surface area contributed by atoms with Crippen molar-refractivity contribution < 1.29 is 69.0 Å². The molecule has 0 aromatic carbocycles. The third-order valence-electron chi connectivity index (χ3n) is 17.4. The van der Waals surface area contributed by atoms with Crippen LogP contribution in [-0.4, -0.2) is 128 Å². The number of aliphatic carboxylic acids is 1. The van der Waals surface area contributed by atoms with Crippen LogP contribution in [-0.2, 0) is 33.3 Å². The minimum absolute atomic E-state index is 0.0248. The fourth-order valence-corrected chi connectivity index (χ4v) is 13.7. The van der Waals surface area contributed by atoms with Crippen LogP contribution in [0.1, 0.15) is 106 Å². The van der Waals surface area contributed by atoms with Crippen molar-refractivity contribution in [3.63, 3.8) is 0 Å². The summed E-state index contributed by atoms with van der Waals surface area (Å²) in [5.41, 5.74) is -2.07. The second-order valence-electron chi connectivity index (χ2n) is 20.1. The van der Waals surface area contributed by atoms with Crippen LogP contribution in [0, 0.1) is 50.7 Å². The quantitative estimate of drug-likeness (QED) is 0.117. The zero-order valence-electron chi connectivity index (χ0n) is 34.2. The third kappa shape index (κ3) is 5.93. The van der Waals surface area contributed by atoms with Gasteiger partial charge in [-0.05, 0) is 104 Å². The molecule has 0 spiro atoms. The monoisotopic (exact) mass is 794 g/mol. The number of methoxy groups -OCH3 is 1. The first-order valence-electron chi connectivity index (χ1n) is 20.8. The highest BCUT2D eigenvalue weighted by Gasteiger charge is 2.71. The van der Waals surface area contributed by atoms with E-state index in [1.807, 2.05) is 13.8 Å². The van der Waals surface area contributed by atoms with Gasteiger partial charge in [-0.25, -0.2) is 4.79 Å². The summed E-state index contributed by atoms with van der Waals surface area (Å²) < 4.78 is 29.1. The normalized spacial score (nSPS) is 54.0. The van der Waals surface area contributed by atoms with Gasteiger partial charge < -0.3 is 59.4 Å². The van der Waals surface area contributed by atoms with Crippen LogP contribution >= 0.6 is 0 Å². The van der Waals surface area contributed by atoms with Gasteiger partial charge in [0.1, 0.15) is 36.6 Å². The zero-order chi connectivity index (χ0) is 41.1. The predicted molar refractivity (Wildman–Crippen MR) is 198 cm³/mol. The second-order valence-corrected chi connectivity index (χ2v) is 20.1. The molecule has 5 aliphatic carbocycles. The van der Waals surface area contributed by atoms with E-state index in [4.69, 9.17) is 23.7 Å². The number of ether oxygens (including phenoxy) is 5. The maximum Gasteiger partial charge on any atom is 0.337 e. The molecule has 2 aliphatic heterocycles. The summed E-state index contributed by atoms with van der Waals surface area (Å²) in [4.78, 5) is 25.9. The Labute approximate surface area is 329 Å². The molecule has 0 bridgehead atoms. The number of aliphatic hydroxyl groups is 6. The number of allylic oxidation sites excluding steroid dienone is 1. The molecule has 19 atom stereocenters. The third-order valence-corrected chi connectivity index (χ3v) is 17.4. The average Bonchev–Trinajstić information content (AvgIpc) is 3.13. The summed E-state index contributed by atoms with van der Waals surface area (Å²) >= 11 is 0. The van der Waals surface area contributed by atoms with Crippen LogP contribution in [0.2, 0.25) is 0 Å². The lowest BCUT2D eigenvalue weighted by Crippen LogP contribution is -2.68. The van der Waals surface area contributed by atoms with Crippen LogP contribution < -0.4 is 0 Å². The summed E-state index contributed by atoms with van der Waals surface area (Å²) in [6, 6.07) is 0. The van der Waals surface area contributed by atoms with Gasteiger partial charge in [0.25, 0.3) is 0 Å².